The van der Waals surface area contributed by atoms with E-state index < -0.39 is 15.4 Å². The van der Waals surface area contributed by atoms with Crippen LogP contribution in [-0.2, 0) is 24.3 Å². The maximum Gasteiger partial charge on any atom is 0.249 e. The summed E-state index contributed by atoms with van der Waals surface area (Å²) in [6.07, 6.45) is 1.43. The molecule has 1 spiro atoms. The molecule has 0 bridgehead atoms. The van der Waals surface area contributed by atoms with Crippen molar-refractivity contribution in [2.75, 3.05) is 18.1 Å². The number of sulfone groups is 1. The second-order valence-electron chi connectivity index (χ2n) is 4.22. The van der Waals surface area contributed by atoms with Gasteiger partial charge in [0.05, 0.1) is 17.9 Å². The largest absolute Gasteiger partial charge is 0.301 e. The highest BCUT2D eigenvalue weighted by molar-refractivity contribution is 7.91. The van der Waals surface area contributed by atoms with Gasteiger partial charge in [0.2, 0.25) is 5.91 Å². The predicted octanol–water partition coefficient (Wildman–Crippen LogP) is -0.703. The molecule has 2 fully saturated rings. The molecule has 7 heteroatoms. The number of amides is 1. The first-order valence-corrected chi connectivity index (χ1v) is 6.92. The fourth-order valence-electron chi connectivity index (χ4n) is 2.07. The molecule has 2 saturated heterocycles. The number of aldehydes is 1. The van der Waals surface area contributed by atoms with E-state index in [1.807, 2.05) is 0 Å². The second kappa shape index (κ2) is 3.81. The van der Waals surface area contributed by atoms with E-state index >= 15 is 0 Å². The molecule has 2 aliphatic rings. The highest BCUT2D eigenvalue weighted by Gasteiger charge is 2.48. The van der Waals surface area contributed by atoms with E-state index in [1.54, 1.807) is 0 Å². The molecule has 1 amide bonds. The maximum atomic E-state index is 11.5. The van der Waals surface area contributed by atoms with E-state index in [2.05, 4.69) is 0 Å². The molecule has 0 N–H and O–H groups in total. The van der Waals surface area contributed by atoms with Crippen LogP contribution in [0.2, 0.25) is 0 Å². The Kier molecular flexibility index (Phi) is 2.75. The molecule has 16 heavy (non-hydrogen) atoms. The van der Waals surface area contributed by atoms with Crippen molar-refractivity contribution < 1.29 is 22.8 Å². The molecule has 0 atom stereocenters. The molecule has 0 aromatic heterocycles. The molecular weight excluding hydrogens is 234 g/mol. The summed E-state index contributed by atoms with van der Waals surface area (Å²) >= 11 is 0. The molecule has 0 radical (unpaired) electrons. The van der Waals surface area contributed by atoms with Crippen LogP contribution in [0.4, 0.5) is 0 Å². The minimum atomic E-state index is -2.97. The van der Waals surface area contributed by atoms with Crippen LogP contribution in [-0.4, -0.2) is 49.3 Å². The molecule has 2 aliphatic heterocycles. The summed E-state index contributed by atoms with van der Waals surface area (Å²) in [6.45, 7) is -0.0899. The summed E-state index contributed by atoms with van der Waals surface area (Å²) in [5.74, 6) is -0.142. The Morgan fingerprint density at radius 3 is 2.56 bits per heavy atom. The van der Waals surface area contributed by atoms with Crippen LogP contribution >= 0.6 is 0 Å². The molecule has 0 saturated carbocycles. The summed E-state index contributed by atoms with van der Waals surface area (Å²) in [4.78, 5) is 27.2. The zero-order valence-electron chi connectivity index (χ0n) is 8.72. The Morgan fingerprint density at radius 2 is 2.00 bits per heavy atom. The minimum Gasteiger partial charge on any atom is -0.301 e. The Balaban J connectivity index is 2.07. The van der Waals surface area contributed by atoms with Gasteiger partial charge in [0.25, 0.3) is 0 Å². The zero-order chi connectivity index (χ0) is 11.8. The average molecular weight is 247 g/mol. The van der Waals surface area contributed by atoms with Gasteiger partial charge in [-0.3, -0.25) is 9.63 Å². The standard InChI is InChI=1S/C9H13NO5S/c11-4-3-10-8(12)7-9(15-10)1-5-16(13,14)6-2-9/h4H,1-3,5-7H2. The van der Waals surface area contributed by atoms with Gasteiger partial charge in [-0.05, 0) is 12.8 Å². The first-order valence-electron chi connectivity index (χ1n) is 5.10. The second-order valence-corrected chi connectivity index (χ2v) is 6.53. The van der Waals surface area contributed by atoms with E-state index in [1.165, 1.54) is 0 Å². The van der Waals surface area contributed by atoms with Crippen LogP contribution in [0, 0.1) is 0 Å². The van der Waals surface area contributed by atoms with Crippen LogP contribution in [0.25, 0.3) is 0 Å². The number of nitrogens with zero attached hydrogens (tertiary/aromatic N) is 1. The van der Waals surface area contributed by atoms with Gasteiger partial charge < -0.3 is 4.79 Å². The lowest BCUT2D eigenvalue weighted by atomic mass is 9.93. The van der Waals surface area contributed by atoms with E-state index in [0.29, 0.717) is 19.1 Å². The number of carbonyl (C=O) groups excluding carboxylic acids is 2. The lowest BCUT2D eigenvalue weighted by Crippen LogP contribution is -2.40. The monoisotopic (exact) mass is 247 g/mol. The van der Waals surface area contributed by atoms with Gasteiger partial charge in [-0.2, -0.15) is 0 Å². The topological polar surface area (TPSA) is 80.8 Å². The van der Waals surface area contributed by atoms with Gasteiger partial charge in [-0.25, -0.2) is 13.5 Å². The zero-order valence-corrected chi connectivity index (χ0v) is 9.53. The number of carbonyl (C=O) groups is 2. The van der Waals surface area contributed by atoms with Gasteiger partial charge in [0.1, 0.15) is 18.4 Å². The molecule has 2 heterocycles. The third-order valence-corrected chi connectivity index (χ3v) is 4.69. The number of hydrogen-bond donors (Lipinski definition) is 0. The Hall–Kier alpha value is -0.950. The highest BCUT2D eigenvalue weighted by atomic mass is 32.2. The fraction of sp³-hybridized carbons (Fsp3) is 0.778. The average Bonchev–Trinajstić information content (AvgIpc) is 2.51. The summed E-state index contributed by atoms with van der Waals surface area (Å²) in [5.41, 5.74) is -0.689. The number of hydrogen-bond acceptors (Lipinski definition) is 5. The highest BCUT2D eigenvalue weighted by Crippen LogP contribution is 2.36. The van der Waals surface area contributed by atoms with Crippen molar-refractivity contribution in [2.45, 2.75) is 24.9 Å². The van der Waals surface area contributed by atoms with Crippen LogP contribution in [0.5, 0.6) is 0 Å². The van der Waals surface area contributed by atoms with Gasteiger partial charge >= 0.3 is 0 Å². The van der Waals surface area contributed by atoms with Crippen molar-refractivity contribution in [3.63, 3.8) is 0 Å². The van der Waals surface area contributed by atoms with E-state index in [9.17, 15) is 18.0 Å². The Bertz CT molecular complexity index is 402. The third-order valence-electron chi connectivity index (χ3n) is 3.03. The molecule has 2 rings (SSSR count). The van der Waals surface area contributed by atoms with Gasteiger partial charge in [0.15, 0.2) is 9.84 Å². The van der Waals surface area contributed by atoms with Gasteiger partial charge in [-0.15, -0.1) is 0 Å². The molecule has 6 nitrogen and oxygen atoms in total. The number of hydroxylamine groups is 2. The van der Waals surface area contributed by atoms with Crippen LogP contribution in [0.3, 0.4) is 0 Å². The molecule has 0 aromatic rings. The quantitative estimate of drug-likeness (QED) is 0.602. The smallest absolute Gasteiger partial charge is 0.249 e. The van der Waals surface area contributed by atoms with E-state index in [0.717, 1.165) is 5.06 Å². The molecular formula is C9H13NO5S. The lowest BCUT2D eigenvalue weighted by Gasteiger charge is -2.31. The molecule has 0 aromatic carbocycles. The van der Waals surface area contributed by atoms with Crippen molar-refractivity contribution in [3.8, 4) is 0 Å². The molecule has 0 unspecified atom stereocenters. The summed E-state index contributed by atoms with van der Waals surface area (Å²) in [6, 6.07) is 0. The lowest BCUT2D eigenvalue weighted by molar-refractivity contribution is -0.199. The summed E-state index contributed by atoms with van der Waals surface area (Å²) in [5, 5.41) is 1.03. The van der Waals surface area contributed by atoms with Crippen molar-refractivity contribution in [1.29, 1.82) is 0 Å². The first kappa shape index (κ1) is 11.5. The van der Waals surface area contributed by atoms with Gasteiger partial charge in [-0.1, -0.05) is 0 Å². The summed E-state index contributed by atoms with van der Waals surface area (Å²) in [7, 11) is -2.97. The minimum absolute atomic E-state index is 0.0508. The molecule has 0 aliphatic carbocycles. The van der Waals surface area contributed by atoms with Crippen molar-refractivity contribution in [1.82, 2.24) is 5.06 Å². The SMILES string of the molecule is O=CCN1OC2(CCS(=O)(=O)CC2)CC1=O. The number of rotatable bonds is 2. The Morgan fingerprint density at radius 1 is 1.38 bits per heavy atom. The predicted molar refractivity (Wildman–Crippen MR) is 54.1 cm³/mol. The Labute approximate surface area is 93.4 Å². The summed E-state index contributed by atoms with van der Waals surface area (Å²) < 4.78 is 22.5. The van der Waals surface area contributed by atoms with Crippen molar-refractivity contribution in [3.05, 3.63) is 0 Å². The van der Waals surface area contributed by atoms with Crippen molar-refractivity contribution >= 4 is 22.0 Å². The van der Waals surface area contributed by atoms with Crippen LogP contribution < -0.4 is 0 Å². The van der Waals surface area contributed by atoms with Crippen LogP contribution in [0.1, 0.15) is 19.3 Å². The van der Waals surface area contributed by atoms with E-state index in [-0.39, 0.29) is 30.4 Å². The van der Waals surface area contributed by atoms with E-state index in [4.69, 9.17) is 4.84 Å². The first-order chi connectivity index (χ1) is 7.46. The molecule has 90 valence electrons. The van der Waals surface area contributed by atoms with Gasteiger partial charge in [0, 0.05) is 0 Å². The maximum absolute atomic E-state index is 11.5. The van der Waals surface area contributed by atoms with Crippen molar-refractivity contribution in [2.24, 2.45) is 0 Å². The fourth-order valence-corrected chi connectivity index (χ4v) is 3.64. The third kappa shape index (κ3) is 2.10. The van der Waals surface area contributed by atoms with Crippen LogP contribution in [0.15, 0.2) is 0 Å². The normalized spacial score (nSPS) is 27.2.